The lowest BCUT2D eigenvalue weighted by Crippen LogP contribution is -2.56. The van der Waals surface area contributed by atoms with Crippen molar-refractivity contribution in [3.63, 3.8) is 0 Å². The number of methoxy groups -OCH3 is 1. The van der Waals surface area contributed by atoms with E-state index in [0.29, 0.717) is 5.92 Å². The van der Waals surface area contributed by atoms with Gasteiger partial charge in [-0.25, -0.2) is 0 Å². The first-order valence-electron chi connectivity index (χ1n) is 8.42. The average molecular weight is 267 g/mol. The van der Waals surface area contributed by atoms with Crippen LogP contribution in [0.1, 0.15) is 71.6 Å². The molecule has 0 spiro atoms. The van der Waals surface area contributed by atoms with Crippen LogP contribution in [0.2, 0.25) is 0 Å². The Labute approximate surface area is 119 Å². The summed E-state index contributed by atoms with van der Waals surface area (Å²) in [6, 6.07) is 0.248. The van der Waals surface area contributed by atoms with Crippen molar-refractivity contribution in [3.05, 3.63) is 0 Å². The van der Waals surface area contributed by atoms with Crippen molar-refractivity contribution in [1.82, 2.24) is 0 Å². The van der Waals surface area contributed by atoms with Crippen molar-refractivity contribution < 1.29 is 4.74 Å². The van der Waals surface area contributed by atoms with E-state index < -0.39 is 0 Å². The molecule has 0 aromatic rings. The number of ether oxygens (including phenoxy) is 1. The molecule has 0 saturated heterocycles. The molecular weight excluding hydrogens is 234 g/mol. The first kappa shape index (κ1) is 15.3. The first-order valence-corrected chi connectivity index (χ1v) is 8.42. The highest BCUT2D eigenvalue weighted by Gasteiger charge is 2.44. The molecule has 2 aliphatic rings. The molecule has 19 heavy (non-hydrogen) atoms. The van der Waals surface area contributed by atoms with Gasteiger partial charge in [-0.3, -0.25) is 0 Å². The van der Waals surface area contributed by atoms with Crippen molar-refractivity contribution in [2.24, 2.45) is 23.5 Å². The minimum atomic E-state index is -0.0264. The highest BCUT2D eigenvalue weighted by atomic mass is 16.5. The van der Waals surface area contributed by atoms with Crippen LogP contribution in [-0.4, -0.2) is 18.8 Å². The zero-order valence-corrected chi connectivity index (χ0v) is 13.2. The minimum Gasteiger partial charge on any atom is -0.377 e. The molecule has 2 N–H and O–H groups in total. The molecule has 0 radical (unpaired) electrons. The fourth-order valence-electron chi connectivity index (χ4n) is 4.55. The van der Waals surface area contributed by atoms with E-state index in [1.165, 1.54) is 57.8 Å². The Morgan fingerprint density at radius 1 is 1.21 bits per heavy atom. The van der Waals surface area contributed by atoms with E-state index in [4.69, 9.17) is 10.5 Å². The summed E-state index contributed by atoms with van der Waals surface area (Å²) in [4.78, 5) is 0. The lowest BCUT2D eigenvalue weighted by Gasteiger charge is -2.47. The summed E-state index contributed by atoms with van der Waals surface area (Å²) in [5.41, 5.74) is 6.67. The van der Waals surface area contributed by atoms with Crippen molar-refractivity contribution in [2.45, 2.75) is 83.3 Å². The SMILES string of the molecule is CCC1CCC(C(N)C2(OC)CCCC(C)C2)CC1. The summed E-state index contributed by atoms with van der Waals surface area (Å²) >= 11 is 0. The smallest absolute Gasteiger partial charge is 0.0834 e. The molecule has 112 valence electrons. The Morgan fingerprint density at radius 2 is 1.89 bits per heavy atom. The van der Waals surface area contributed by atoms with Gasteiger partial charge in [0.15, 0.2) is 0 Å². The molecule has 3 unspecified atom stereocenters. The average Bonchev–Trinajstić information content (AvgIpc) is 2.46. The highest BCUT2D eigenvalue weighted by Crippen LogP contribution is 2.42. The molecule has 0 heterocycles. The van der Waals surface area contributed by atoms with E-state index in [-0.39, 0.29) is 11.6 Å². The van der Waals surface area contributed by atoms with Crippen molar-refractivity contribution in [1.29, 1.82) is 0 Å². The Hall–Kier alpha value is -0.0800. The maximum Gasteiger partial charge on any atom is 0.0834 e. The third-order valence-corrected chi connectivity index (χ3v) is 5.98. The van der Waals surface area contributed by atoms with Crippen molar-refractivity contribution in [2.75, 3.05) is 7.11 Å². The highest BCUT2D eigenvalue weighted by molar-refractivity contribution is 4.99. The normalized spacial score (nSPS) is 42.0. The third kappa shape index (κ3) is 3.33. The van der Waals surface area contributed by atoms with Gasteiger partial charge in [0.2, 0.25) is 0 Å². The van der Waals surface area contributed by atoms with Gasteiger partial charge in [0.1, 0.15) is 0 Å². The Balaban J connectivity index is 1.98. The quantitative estimate of drug-likeness (QED) is 0.831. The molecule has 3 atom stereocenters. The van der Waals surface area contributed by atoms with E-state index >= 15 is 0 Å². The first-order chi connectivity index (χ1) is 9.11. The zero-order chi connectivity index (χ0) is 13.9. The lowest BCUT2D eigenvalue weighted by atomic mass is 9.67. The molecular formula is C17H33NO. The number of hydrogen-bond acceptors (Lipinski definition) is 2. The van der Waals surface area contributed by atoms with E-state index in [9.17, 15) is 0 Å². The second-order valence-electron chi connectivity index (χ2n) is 7.19. The van der Waals surface area contributed by atoms with Gasteiger partial charge in [0, 0.05) is 13.2 Å². The minimum absolute atomic E-state index is 0.0264. The van der Waals surface area contributed by atoms with Gasteiger partial charge in [-0.1, -0.05) is 46.0 Å². The summed E-state index contributed by atoms with van der Waals surface area (Å²) in [6.07, 6.45) is 11.7. The summed E-state index contributed by atoms with van der Waals surface area (Å²) in [5.74, 6) is 2.41. The van der Waals surface area contributed by atoms with E-state index in [1.54, 1.807) is 0 Å². The Bertz CT molecular complexity index is 272. The standard InChI is InChI=1S/C17H33NO/c1-4-14-7-9-15(10-8-14)16(18)17(19-3)11-5-6-13(2)12-17/h13-16H,4-12,18H2,1-3H3. The summed E-state index contributed by atoms with van der Waals surface area (Å²) in [6.45, 7) is 4.68. The van der Waals surface area contributed by atoms with Gasteiger partial charge in [-0.05, 0) is 43.4 Å². The molecule has 0 bridgehead atoms. The van der Waals surface area contributed by atoms with Crippen molar-refractivity contribution >= 4 is 0 Å². The van der Waals surface area contributed by atoms with Crippen LogP contribution in [0.5, 0.6) is 0 Å². The van der Waals surface area contributed by atoms with Crippen LogP contribution in [0.4, 0.5) is 0 Å². The molecule has 2 fully saturated rings. The second-order valence-corrected chi connectivity index (χ2v) is 7.19. The lowest BCUT2D eigenvalue weighted by molar-refractivity contribution is -0.0871. The molecule has 0 amide bonds. The fraction of sp³-hybridized carbons (Fsp3) is 1.00. The third-order valence-electron chi connectivity index (χ3n) is 5.98. The number of rotatable bonds is 4. The molecule has 2 heteroatoms. The van der Waals surface area contributed by atoms with E-state index in [0.717, 1.165) is 11.8 Å². The second kappa shape index (κ2) is 6.58. The number of hydrogen-bond donors (Lipinski definition) is 1. The number of nitrogens with two attached hydrogens (primary N) is 1. The van der Waals surface area contributed by atoms with E-state index in [2.05, 4.69) is 13.8 Å². The molecule has 0 aliphatic heterocycles. The Kier molecular flexibility index (Phi) is 5.30. The van der Waals surface area contributed by atoms with Crippen LogP contribution < -0.4 is 5.73 Å². The van der Waals surface area contributed by atoms with Gasteiger partial charge in [0.05, 0.1) is 5.60 Å². The Morgan fingerprint density at radius 3 is 2.42 bits per heavy atom. The zero-order valence-electron chi connectivity index (χ0n) is 13.2. The van der Waals surface area contributed by atoms with Crippen LogP contribution in [0.15, 0.2) is 0 Å². The molecule has 2 rings (SSSR count). The predicted molar refractivity (Wildman–Crippen MR) is 81.1 cm³/mol. The summed E-state index contributed by atoms with van der Waals surface area (Å²) in [5, 5.41) is 0. The van der Waals surface area contributed by atoms with Crippen LogP contribution in [0, 0.1) is 17.8 Å². The van der Waals surface area contributed by atoms with E-state index in [1.807, 2.05) is 7.11 Å². The van der Waals surface area contributed by atoms with Gasteiger partial charge >= 0.3 is 0 Å². The van der Waals surface area contributed by atoms with Crippen LogP contribution in [-0.2, 0) is 4.74 Å². The predicted octanol–water partition coefficient (Wildman–Crippen LogP) is 4.13. The van der Waals surface area contributed by atoms with Crippen LogP contribution in [0.25, 0.3) is 0 Å². The molecule has 2 aliphatic carbocycles. The fourth-order valence-corrected chi connectivity index (χ4v) is 4.55. The summed E-state index contributed by atoms with van der Waals surface area (Å²) in [7, 11) is 1.88. The maximum absolute atomic E-state index is 6.69. The maximum atomic E-state index is 6.69. The largest absolute Gasteiger partial charge is 0.377 e. The van der Waals surface area contributed by atoms with Crippen LogP contribution >= 0.6 is 0 Å². The van der Waals surface area contributed by atoms with Crippen molar-refractivity contribution in [3.8, 4) is 0 Å². The van der Waals surface area contributed by atoms with Gasteiger partial charge in [-0.2, -0.15) is 0 Å². The monoisotopic (exact) mass is 267 g/mol. The molecule has 2 saturated carbocycles. The van der Waals surface area contributed by atoms with Gasteiger partial charge in [0.25, 0.3) is 0 Å². The topological polar surface area (TPSA) is 35.2 Å². The summed E-state index contributed by atoms with van der Waals surface area (Å²) < 4.78 is 5.99. The molecule has 2 nitrogen and oxygen atoms in total. The molecule has 0 aromatic carbocycles. The van der Waals surface area contributed by atoms with Gasteiger partial charge in [-0.15, -0.1) is 0 Å². The van der Waals surface area contributed by atoms with Crippen LogP contribution in [0.3, 0.4) is 0 Å². The van der Waals surface area contributed by atoms with Gasteiger partial charge < -0.3 is 10.5 Å². The molecule has 0 aromatic heterocycles.